The van der Waals surface area contributed by atoms with E-state index >= 15 is 0 Å². The molecule has 174 valence electrons. The Labute approximate surface area is 196 Å². The molecule has 1 aliphatic carbocycles. The van der Waals surface area contributed by atoms with Crippen molar-refractivity contribution in [3.05, 3.63) is 81.9 Å². The predicted molar refractivity (Wildman–Crippen MR) is 130 cm³/mol. The second-order valence-electron chi connectivity index (χ2n) is 7.08. The zero-order valence-electron chi connectivity index (χ0n) is 17.9. The number of likely N-dealkylation sites (N-methyl/N-ethyl adjacent to an activating group) is 1. The summed E-state index contributed by atoms with van der Waals surface area (Å²) in [4.78, 5) is 25.8. The highest BCUT2D eigenvalue weighted by molar-refractivity contribution is 7.20. The highest BCUT2D eigenvalue weighted by Crippen LogP contribution is 2.28. The summed E-state index contributed by atoms with van der Waals surface area (Å²) >= 11 is 0. The van der Waals surface area contributed by atoms with Crippen molar-refractivity contribution in [1.29, 1.82) is 0 Å². The minimum atomic E-state index is -1.63. The first-order valence-electron chi connectivity index (χ1n) is 9.88. The fourth-order valence-corrected chi connectivity index (χ4v) is 3.52. The van der Waals surface area contributed by atoms with Crippen molar-refractivity contribution < 1.29 is 24.9 Å². The van der Waals surface area contributed by atoms with E-state index < -0.39 is 6.29 Å². The molecule has 2 rings (SSSR count). The molecule has 0 saturated heterocycles. The lowest BCUT2D eigenvalue weighted by molar-refractivity contribution is -0.120. The third kappa shape index (κ3) is 7.20. The molecule has 0 amide bonds. The van der Waals surface area contributed by atoms with Gasteiger partial charge in [-0.05, 0) is 34.4 Å². The molecule has 1 aliphatic rings. The van der Waals surface area contributed by atoms with E-state index in [0.717, 1.165) is 11.1 Å². The SMILES string of the molecule is C=C(NC)C1=C(/C=C/P)C=C(C(=O)Cc2ccc(C(O)O)cc2CNCCO)C(=O)C1.Cl. The Morgan fingerprint density at radius 1 is 1.31 bits per heavy atom. The summed E-state index contributed by atoms with van der Waals surface area (Å²) in [6.45, 7) is 4.58. The molecule has 1 unspecified atom stereocenters. The lowest BCUT2D eigenvalue weighted by atomic mass is 9.86. The van der Waals surface area contributed by atoms with Crippen LogP contribution in [-0.4, -0.2) is 47.1 Å². The number of carbonyl (C=O) groups excluding carboxylic acids is 2. The molecule has 0 spiro atoms. The standard InChI is InChI=1S/C23H29N2O5P.ClH/c1-14(24-2)19-12-22(28)20(10-16(19)5-8-31)21(27)11-15-3-4-17(23(29)30)9-18(15)13-25-6-7-26;/h3-5,8-10,23-26,29-30H,1,6-7,11-13,31H2,2H3;1H/b8-5+;. The third-order valence-electron chi connectivity index (χ3n) is 5.01. The van der Waals surface area contributed by atoms with Crippen molar-refractivity contribution in [1.82, 2.24) is 10.6 Å². The zero-order chi connectivity index (χ0) is 23.0. The molecule has 1 aromatic carbocycles. The van der Waals surface area contributed by atoms with Gasteiger partial charge in [0.2, 0.25) is 0 Å². The molecule has 32 heavy (non-hydrogen) atoms. The molecular weight excluding hydrogens is 451 g/mol. The van der Waals surface area contributed by atoms with Crippen LogP contribution < -0.4 is 10.6 Å². The van der Waals surface area contributed by atoms with Crippen LogP contribution in [0, 0.1) is 0 Å². The summed E-state index contributed by atoms with van der Waals surface area (Å²) in [5, 5.41) is 33.9. The second kappa shape index (κ2) is 13.4. The largest absolute Gasteiger partial charge is 0.395 e. The minimum absolute atomic E-state index is 0. The smallest absolute Gasteiger partial charge is 0.178 e. The summed E-state index contributed by atoms with van der Waals surface area (Å²) in [5.74, 6) is 1.19. The third-order valence-corrected chi connectivity index (χ3v) is 5.20. The maximum atomic E-state index is 13.0. The van der Waals surface area contributed by atoms with Gasteiger partial charge in [-0.3, -0.25) is 9.59 Å². The first-order chi connectivity index (χ1) is 14.8. The Bertz CT molecular complexity index is 954. The van der Waals surface area contributed by atoms with Crippen LogP contribution in [0.15, 0.2) is 65.2 Å². The Morgan fingerprint density at radius 3 is 2.62 bits per heavy atom. The molecule has 0 fully saturated rings. The van der Waals surface area contributed by atoms with Crippen LogP contribution in [0.1, 0.15) is 29.4 Å². The fraction of sp³-hybridized carbons (Fsp3) is 0.304. The van der Waals surface area contributed by atoms with E-state index in [9.17, 15) is 19.8 Å². The molecule has 9 heteroatoms. The number of allylic oxidation sites excluding steroid dienone is 5. The minimum Gasteiger partial charge on any atom is -0.395 e. The number of benzene rings is 1. The number of nitrogens with one attached hydrogen (secondary N) is 2. The van der Waals surface area contributed by atoms with Gasteiger partial charge in [0.25, 0.3) is 0 Å². The number of carbonyl (C=O) groups is 2. The number of ketones is 2. The van der Waals surface area contributed by atoms with E-state index in [4.69, 9.17) is 5.11 Å². The number of Topliss-reactive ketones (excluding diaryl/α,β-unsaturated/α-hetero) is 2. The van der Waals surface area contributed by atoms with E-state index in [1.807, 2.05) is 6.08 Å². The summed E-state index contributed by atoms with van der Waals surface area (Å²) in [6.07, 6.45) is 1.86. The van der Waals surface area contributed by atoms with Crippen LogP contribution in [0.25, 0.3) is 0 Å². The summed E-state index contributed by atoms with van der Waals surface area (Å²) in [5.41, 5.74) is 3.93. The molecular formula is C23H30ClN2O5P. The Balaban J connectivity index is 0.00000512. The Hall–Kier alpha value is -2.12. The normalized spacial score (nSPS) is 13.9. The zero-order valence-corrected chi connectivity index (χ0v) is 19.9. The average Bonchev–Trinajstić information content (AvgIpc) is 2.75. The van der Waals surface area contributed by atoms with Crippen LogP contribution >= 0.6 is 21.6 Å². The number of halogens is 1. The number of hydrogen-bond donors (Lipinski definition) is 5. The first-order valence-corrected chi connectivity index (χ1v) is 10.5. The lowest BCUT2D eigenvalue weighted by Crippen LogP contribution is -2.23. The van der Waals surface area contributed by atoms with Gasteiger partial charge < -0.3 is 26.0 Å². The monoisotopic (exact) mass is 480 g/mol. The topological polar surface area (TPSA) is 119 Å². The van der Waals surface area contributed by atoms with E-state index in [1.54, 1.807) is 31.1 Å². The Morgan fingerprint density at radius 2 is 2.03 bits per heavy atom. The number of aliphatic hydroxyl groups excluding tert-OH is 2. The van der Waals surface area contributed by atoms with Crippen molar-refractivity contribution >= 4 is 33.2 Å². The predicted octanol–water partition coefficient (Wildman–Crippen LogP) is 1.60. The van der Waals surface area contributed by atoms with Crippen LogP contribution in [0.3, 0.4) is 0 Å². The fourth-order valence-electron chi connectivity index (χ4n) is 3.31. The summed E-state index contributed by atoms with van der Waals surface area (Å²) in [6, 6.07) is 4.80. The molecule has 0 saturated carbocycles. The van der Waals surface area contributed by atoms with Crippen molar-refractivity contribution in [3.63, 3.8) is 0 Å². The van der Waals surface area contributed by atoms with Crippen LogP contribution in [0.4, 0.5) is 0 Å². The summed E-state index contributed by atoms with van der Waals surface area (Å²) < 4.78 is 0. The van der Waals surface area contributed by atoms with Crippen LogP contribution in [-0.2, 0) is 22.6 Å². The van der Waals surface area contributed by atoms with Gasteiger partial charge in [0.15, 0.2) is 17.9 Å². The van der Waals surface area contributed by atoms with Crippen molar-refractivity contribution in [2.75, 3.05) is 20.2 Å². The molecule has 7 nitrogen and oxygen atoms in total. The van der Waals surface area contributed by atoms with Crippen molar-refractivity contribution in [3.8, 4) is 0 Å². The van der Waals surface area contributed by atoms with E-state index in [-0.39, 0.29) is 49.0 Å². The van der Waals surface area contributed by atoms with Gasteiger partial charge in [0.05, 0.1) is 12.2 Å². The van der Waals surface area contributed by atoms with Gasteiger partial charge in [-0.25, -0.2) is 0 Å². The highest BCUT2D eigenvalue weighted by atomic mass is 35.5. The quantitative estimate of drug-likeness (QED) is 0.141. The molecule has 0 heterocycles. The molecule has 0 aromatic heterocycles. The number of hydrogen-bond acceptors (Lipinski definition) is 7. The molecule has 0 aliphatic heterocycles. The molecule has 0 bridgehead atoms. The number of aliphatic hydroxyl groups is 3. The van der Waals surface area contributed by atoms with Gasteiger partial charge in [0.1, 0.15) is 0 Å². The molecule has 5 N–H and O–H groups in total. The highest BCUT2D eigenvalue weighted by Gasteiger charge is 2.26. The summed E-state index contributed by atoms with van der Waals surface area (Å²) in [7, 11) is 4.20. The van der Waals surface area contributed by atoms with E-state index in [0.29, 0.717) is 35.5 Å². The van der Waals surface area contributed by atoms with Gasteiger partial charge >= 0.3 is 0 Å². The van der Waals surface area contributed by atoms with Crippen molar-refractivity contribution in [2.24, 2.45) is 0 Å². The van der Waals surface area contributed by atoms with E-state index in [2.05, 4.69) is 26.5 Å². The molecule has 0 radical (unpaired) electrons. The van der Waals surface area contributed by atoms with E-state index in [1.165, 1.54) is 6.07 Å². The maximum absolute atomic E-state index is 13.0. The van der Waals surface area contributed by atoms with Gasteiger partial charge in [-0.2, -0.15) is 0 Å². The number of rotatable bonds is 11. The van der Waals surface area contributed by atoms with Gasteiger partial charge in [-0.1, -0.05) is 30.6 Å². The Kier molecular flexibility index (Phi) is 11.7. The van der Waals surface area contributed by atoms with Gasteiger partial charge in [-0.15, -0.1) is 21.6 Å². The maximum Gasteiger partial charge on any atom is 0.178 e. The average molecular weight is 481 g/mol. The second-order valence-corrected chi connectivity index (χ2v) is 7.47. The first kappa shape index (κ1) is 27.9. The van der Waals surface area contributed by atoms with Gasteiger partial charge in [0, 0.05) is 44.2 Å². The lowest BCUT2D eigenvalue weighted by Gasteiger charge is -2.19. The van der Waals surface area contributed by atoms with Crippen LogP contribution in [0.5, 0.6) is 0 Å². The van der Waals surface area contributed by atoms with Crippen molar-refractivity contribution in [2.45, 2.75) is 25.7 Å². The molecule has 1 atom stereocenters. The molecule has 1 aromatic rings. The van der Waals surface area contributed by atoms with Crippen LogP contribution in [0.2, 0.25) is 0 Å².